The maximum Gasteiger partial charge on any atom is 0.305 e. The summed E-state index contributed by atoms with van der Waals surface area (Å²) in [5.74, 6) is 0.737. The Labute approximate surface area is 106 Å². The van der Waals surface area contributed by atoms with Crippen molar-refractivity contribution in [1.29, 1.82) is 0 Å². The van der Waals surface area contributed by atoms with Crippen molar-refractivity contribution in [1.82, 2.24) is 0 Å². The summed E-state index contributed by atoms with van der Waals surface area (Å²) in [6.07, 6.45) is 1.22. The number of hydrogen-bond acceptors (Lipinski definition) is 4. The fraction of sp³-hybridized carbons (Fsp3) is 0.385. The van der Waals surface area contributed by atoms with Gasteiger partial charge in [0.05, 0.1) is 7.11 Å². The maximum absolute atomic E-state index is 11.2. The van der Waals surface area contributed by atoms with E-state index >= 15 is 0 Å². The Hall–Kier alpha value is -1.29. The lowest BCUT2D eigenvalue weighted by Gasteiger charge is -2.03. The molecule has 92 valence electrons. The summed E-state index contributed by atoms with van der Waals surface area (Å²) in [5.41, 5.74) is 0.725. The highest BCUT2D eigenvalue weighted by molar-refractivity contribution is 7.99. The molecule has 0 fully saturated rings. The van der Waals surface area contributed by atoms with Crippen LogP contribution in [0.2, 0.25) is 0 Å². The van der Waals surface area contributed by atoms with Crippen LogP contribution in [0.5, 0.6) is 0 Å². The number of thioether (sulfide) groups is 1. The van der Waals surface area contributed by atoms with Gasteiger partial charge in [0.1, 0.15) is 0 Å². The molecule has 17 heavy (non-hydrogen) atoms. The van der Waals surface area contributed by atoms with Gasteiger partial charge in [-0.15, -0.1) is 11.8 Å². The van der Waals surface area contributed by atoms with Gasteiger partial charge in [-0.2, -0.15) is 0 Å². The maximum atomic E-state index is 11.2. The molecule has 0 unspecified atom stereocenters. The van der Waals surface area contributed by atoms with Gasteiger partial charge in [0.25, 0.3) is 0 Å². The van der Waals surface area contributed by atoms with Gasteiger partial charge in [0.2, 0.25) is 0 Å². The minimum atomic E-state index is -0.178. The predicted octanol–water partition coefficient (Wildman–Crippen LogP) is 2.93. The molecule has 0 bridgehead atoms. The molecule has 0 atom stereocenters. The third-order valence-corrected chi connectivity index (χ3v) is 3.34. The molecule has 0 N–H and O–H groups in total. The average molecular weight is 252 g/mol. The third kappa shape index (κ3) is 5.04. The summed E-state index contributed by atoms with van der Waals surface area (Å²) in [6, 6.07) is 7.53. The molecule has 0 aliphatic rings. The summed E-state index contributed by atoms with van der Waals surface area (Å²) in [5, 5.41) is 0. The Morgan fingerprint density at radius 3 is 2.76 bits per heavy atom. The number of ketones is 1. The third-order valence-electron chi connectivity index (χ3n) is 2.26. The van der Waals surface area contributed by atoms with Gasteiger partial charge in [-0.25, -0.2) is 0 Å². The number of esters is 1. The first-order chi connectivity index (χ1) is 8.13. The topological polar surface area (TPSA) is 43.4 Å². The van der Waals surface area contributed by atoms with Crippen molar-refractivity contribution in [3.63, 3.8) is 0 Å². The molecule has 1 aromatic rings. The largest absolute Gasteiger partial charge is 0.469 e. The Bertz CT molecular complexity index is 401. The molecular weight excluding hydrogens is 236 g/mol. The van der Waals surface area contributed by atoms with Crippen LogP contribution in [0.4, 0.5) is 0 Å². The first-order valence-corrected chi connectivity index (χ1v) is 6.42. The highest BCUT2D eigenvalue weighted by Gasteiger charge is 2.02. The van der Waals surface area contributed by atoms with E-state index < -0.39 is 0 Å². The van der Waals surface area contributed by atoms with E-state index in [1.165, 1.54) is 7.11 Å². The molecular formula is C13H16O3S. The van der Waals surface area contributed by atoms with E-state index in [-0.39, 0.29) is 11.8 Å². The van der Waals surface area contributed by atoms with Gasteiger partial charge in [0, 0.05) is 16.9 Å². The van der Waals surface area contributed by atoms with Gasteiger partial charge >= 0.3 is 5.97 Å². The summed E-state index contributed by atoms with van der Waals surface area (Å²) >= 11 is 1.64. The van der Waals surface area contributed by atoms with Crippen LogP contribution in [0, 0.1) is 0 Å². The van der Waals surface area contributed by atoms with Crippen molar-refractivity contribution in [3.05, 3.63) is 29.8 Å². The van der Waals surface area contributed by atoms with Gasteiger partial charge < -0.3 is 4.74 Å². The highest BCUT2D eigenvalue weighted by atomic mass is 32.2. The highest BCUT2D eigenvalue weighted by Crippen LogP contribution is 2.20. The monoisotopic (exact) mass is 252 g/mol. The van der Waals surface area contributed by atoms with E-state index in [0.29, 0.717) is 6.42 Å². The second-order valence-electron chi connectivity index (χ2n) is 3.61. The number of carbonyl (C=O) groups excluding carboxylic acids is 2. The molecule has 1 aromatic carbocycles. The number of hydrogen-bond donors (Lipinski definition) is 0. The van der Waals surface area contributed by atoms with E-state index in [2.05, 4.69) is 4.74 Å². The van der Waals surface area contributed by atoms with Gasteiger partial charge in [-0.1, -0.05) is 12.1 Å². The molecule has 0 aliphatic heterocycles. The molecule has 0 aliphatic carbocycles. The summed E-state index contributed by atoms with van der Waals surface area (Å²) in [7, 11) is 1.39. The lowest BCUT2D eigenvalue weighted by molar-refractivity contribution is -0.140. The fourth-order valence-electron chi connectivity index (χ4n) is 1.31. The van der Waals surface area contributed by atoms with Crippen molar-refractivity contribution in [3.8, 4) is 0 Å². The van der Waals surface area contributed by atoms with Crippen LogP contribution in [-0.4, -0.2) is 24.6 Å². The average Bonchev–Trinajstić information content (AvgIpc) is 2.34. The molecule has 3 nitrogen and oxygen atoms in total. The quantitative estimate of drug-likeness (QED) is 0.338. The van der Waals surface area contributed by atoms with Crippen molar-refractivity contribution < 1.29 is 14.3 Å². The van der Waals surface area contributed by atoms with Crippen LogP contribution in [0.15, 0.2) is 29.2 Å². The number of Topliss-reactive ketones (excluding diaryl/α,β-unsaturated/α-hetero) is 1. The van der Waals surface area contributed by atoms with E-state index in [0.717, 1.165) is 22.6 Å². The minimum Gasteiger partial charge on any atom is -0.469 e. The second kappa shape index (κ2) is 7.12. The molecule has 0 saturated carbocycles. The van der Waals surface area contributed by atoms with Gasteiger partial charge in [-0.05, 0) is 31.2 Å². The van der Waals surface area contributed by atoms with Crippen LogP contribution >= 0.6 is 11.8 Å². The van der Waals surface area contributed by atoms with Crippen LogP contribution in [-0.2, 0) is 9.53 Å². The SMILES string of the molecule is COC(=O)CCCSc1cccc(C(C)=O)c1. The number of methoxy groups -OCH3 is 1. The van der Waals surface area contributed by atoms with Crippen LogP contribution in [0.1, 0.15) is 30.1 Å². The zero-order valence-corrected chi connectivity index (χ0v) is 10.9. The lowest BCUT2D eigenvalue weighted by Crippen LogP contribution is -2.00. The Balaban J connectivity index is 2.39. The Kier molecular flexibility index (Phi) is 5.77. The van der Waals surface area contributed by atoms with E-state index in [1.54, 1.807) is 24.8 Å². The van der Waals surface area contributed by atoms with Crippen molar-refractivity contribution in [2.24, 2.45) is 0 Å². The molecule has 0 saturated heterocycles. The van der Waals surface area contributed by atoms with Crippen molar-refractivity contribution in [2.75, 3.05) is 12.9 Å². The normalized spacial score (nSPS) is 10.0. The van der Waals surface area contributed by atoms with Crippen molar-refractivity contribution in [2.45, 2.75) is 24.7 Å². The number of ether oxygens (including phenoxy) is 1. The Morgan fingerprint density at radius 1 is 1.35 bits per heavy atom. The Morgan fingerprint density at radius 2 is 2.12 bits per heavy atom. The smallest absolute Gasteiger partial charge is 0.305 e. The number of rotatable bonds is 6. The molecule has 0 amide bonds. The van der Waals surface area contributed by atoms with Crippen LogP contribution in [0.3, 0.4) is 0 Å². The first-order valence-electron chi connectivity index (χ1n) is 5.44. The molecule has 0 aromatic heterocycles. The van der Waals surface area contributed by atoms with E-state index in [4.69, 9.17) is 0 Å². The molecule has 1 rings (SSSR count). The number of carbonyl (C=O) groups is 2. The van der Waals surface area contributed by atoms with Gasteiger partial charge in [0.15, 0.2) is 5.78 Å². The standard InChI is InChI=1S/C13H16O3S/c1-10(14)11-5-3-6-12(9-11)17-8-4-7-13(15)16-2/h3,5-6,9H,4,7-8H2,1-2H3. The summed E-state index contributed by atoms with van der Waals surface area (Å²) in [4.78, 5) is 23.1. The molecule has 4 heteroatoms. The molecule has 0 heterocycles. The van der Waals surface area contributed by atoms with E-state index in [1.807, 2.05) is 18.2 Å². The summed E-state index contributed by atoms with van der Waals surface area (Å²) < 4.78 is 4.56. The zero-order valence-electron chi connectivity index (χ0n) is 10.1. The zero-order chi connectivity index (χ0) is 12.7. The number of benzene rings is 1. The summed E-state index contributed by atoms with van der Waals surface area (Å²) in [6.45, 7) is 1.56. The first kappa shape index (κ1) is 13.8. The lowest BCUT2D eigenvalue weighted by atomic mass is 10.2. The van der Waals surface area contributed by atoms with Crippen molar-refractivity contribution >= 4 is 23.5 Å². The van der Waals surface area contributed by atoms with Crippen LogP contribution in [0.25, 0.3) is 0 Å². The predicted molar refractivity (Wildman–Crippen MR) is 68.4 cm³/mol. The second-order valence-corrected chi connectivity index (χ2v) is 4.78. The van der Waals surface area contributed by atoms with Gasteiger partial charge in [-0.3, -0.25) is 9.59 Å². The fourth-order valence-corrected chi connectivity index (χ4v) is 2.22. The van der Waals surface area contributed by atoms with E-state index in [9.17, 15) is 9.59 Å². The minimum absolute atomic E-state index is 0.0713. The van der Waals surface area contributed by atoms with Crippen LogP contribution < -0.4 is 0 Å². The molecule has 0 spiro atoms. The molecule has 0 radical (unpaired) electrons.